The van der Waals surface area contributed by atoms with Gasteiger partial charge in [-0.15, -0.1) is 0 Å². The van der Waals surface area contributed by atoms with Crippen LogP contribution in [-0.4, -0.2) is 32.5 Å². The fraction of sp³-hybridized carbons (Fsp3) is 0.333. The molecule has 0 spiro atoms. The zero-order valence-corrected chi connectivity index (χ0v) is 11.4. The Balaban J connectivity index is 3.03. The summed E-state index contributed by atoms with van der Waals surface area (Å²) in [5, 5.41) is 0. The van der Waals surface area contributed by atoms with Gasteiger partial charge in [-0.05, 0) is 18.1 Å². The standard InChI is InChI=1S/C9H12O8S2/c1-7-4-2-3-5-8(7)9(17-19(13,14)15)6-16-18(10,11)12/h2-5,9H,6H2,1H3,(H,10,11,12)(H,13,14,15). The first kappa shape index (κ1) is 16.0. The minimum atomic E-state index is -4.81. The van der Waals surface area contributed by atoms with E-state index in [1.54, 1.807) is 25.1 Å². The SMILES string of the molecule is Cc1ccccc1C(COS(=O)(=O)O)OS(=O)(=O)O. The summed E-state index contributed by atoms with van der Waals surface area (Å²) < 4.78 is 67.9. The predicted octanol–water partition coefficient (Wildman–Crippen LogP) is 0.675. The number of hydrogen-bond acceptors (Lipinski definition) is 6. The van der Waals surface area contributed by atoms with Crippen LogP contribution < -0.4 is 0 Å². The summed E-state index contributed by atoms with van der Waals surface area (Å²) in [5.41, 5.74) is 0.888. The van der Waals surface area contributed by atoms with E-state index in [0.717, 1.165) is 0 Å². The molecule has 0 aliphatic heterocycles. The maximum Gasteiger partial charge on any atom is 0.398 e. The molecule has 1 atom stereocenters. The lowest BCUT2D eigenvalue weighted by Crippen LogP contribution is -2.19. The molecule has 1 aromatic rings. The molecule has 0 saturated carbocycles. The Labute approximate surface area is 110 Å². The van der Waals surface area contributed by atoms with Crippen molar-refractivity contribution in [3.8, 4) is 0 Å². The summed E-state index contributed by atoms with van der Waals surface area (Å²) in [6.45, 7) is 0.826. The van der Waals surface area contributed by atoms with Crippen molar-refractivity contribution >= 4 is 20.8 Å². The van der Waals surface area contributed by atoms with E-state index in [1.807, 2.05) is 0 Å². The fourth-order valence-electron chi connectivity index (χ4n) is 1.41. The molecule has 0 radical (unpaired) electrons. The van der Waals surface area contributed by atoms with Crippen molar-refractivity contribution in [3.63, 3.8) is 0 Å². The Morgan fingerprint density at radius 3 is 2.16 bits per heavy atom. The van der Waals surface area contributed by atoms with Gasteiger partial charge in [-0.2, -0.15) is 16.8 Å². The van der Waals surface area contributed by atoms with Crippen LogP contribution in [0.2, 0.25) is 0 Å². The molecule has 1 rings (SSSR count). The first-order chi connectivity index (χ1) is 8.58. The Kier molecular flexibility index (Phi) is 5.01. The number of benzene rings is 1. The van der Waals surface area contributed by atoms with Gasteiger partial charge in [-0.25, -0.2) is 8.37 Å². The first-order valence-electron chi connectivity index (χ1n) is 4.91. The van der Waals surface area contributed by atoms with Crippen molar-refractivity contribution < 1.29 is 34.3 Å². The molecule has 8 nitrogen and oxygen atoms in total. The highest BCUT2D eigenvalue weighted by atomic mass is 32.3. The minimum Gasteiger partial charge on any atom is -0.264 e. The highest BCUT2D eigenvalue weighted by Gasteiger charge is 2.23. The van der Waals surface area contributed by atoms with Gasteiger partial charge < -0.3 is 0 Å². The molecule has 1 aromatic carbocycles. The third-order valence-electron chi connectivity index (χ3n) is 2.14. The van der Waals surface area contributed by atoms with Gasteiger partial charge in [0.2, 0.25) is 0 Å². The molecular weight excluding hydrogens is 300 g/mol. The summed E-state index contributed by atoms with van der Waals surface area (Å²) in [6.07, 6.45) is -1.40. The molecule has 0 heterocycles. The summed E-state index contributed by atoms with van der Waals surface area (Å²) in [6, 6.07) is 6.34. The third-order valence-corrected chi connectivity index (χ3v) is 3.05. The summed E-state index contributed by atoms with van der Waals surface area (Å²) >= 11 is 0. The molecular formula is C9H12O8S2. The molecule has 19 heavy (non-hydrogen) atoms. The lowest BCUT2D eigenvalue weighted by atomic mass is 10.0. The van der Waals surface area contributed by atoms with Crippen LogP contribution in [0.3, 0.4) is 0 Å². The van der Waals surface area contributed by atoms with Gasteiger partial charge in [0, 0.05) is 0 Å². The lowest BCUT2D eigenvalue weighted by Gasteiger charge is -2.16. The van der Waals surface area contributed by atoms with Crippen molar-refractivity contribution in [1.82, 2.24) is 0 Å². The zero-order chi connectivity index (χ0) is 14.7. The number of aryl methyl sites for hydroxylation is 1. The van der Waals surface area contributed by atoms with Gasteiger partial charge in [0.15, 0.2) is 0 Å². The van der Waals surface area contributed by atoms with Crippen LogP contribution in [0.25, 0.3) is 0 Å². The molecule has 0 aromatic heterocycles. The second-order valence-electron chi connectivity index (χ2n) is 3.58. The molecule has 10 heteroatoms. The van der Waals surface area contributed by atoms with E-state index < -0.39 is 33.5 Å². The van der Waals surface area contributed by atoms with Gasteiger partial charge in [0.1, 0.15) is 12.7 Å². The van der Waals surface area contributed by atoms with Crippen LogP contribution in [0, 0.1) is 6.92 Å². The first-order valence-corrected chi connectivity index (χ1v) is 7.64. The fourth-order valence-corrected chi connectivity index (χ4v) is 2.16. The molecule has 0 bridgehead atoms. The molecule has 0 saturated heterocycles. The topological polar surface area (TPSA) is 127 Å². The predicted molar refractivity (Wildman–Crippen MR) is 64.1 cm³/mol. The van der Waals surface area contributed by atoms with Crippen LogP contribution in [-0.2, 0) is 29.2 Å². The van der Waals surface area contributed by atoms with Crippen LogP contribution in [0.5, 0.6) is 0 Å². The van der Waals surface area contributed by atoms with Crippen molar-refractivity contribution in [1.29, 1.82) is 0 Å². The molecule has 0 aliphatic carbocycles. The van der Waals surface area contributed by atoms with E-state index in [-0.39, 0.29) is 0 Å². The van der Waals surface area contributed by atoms with Crippen molar-refractivity contribution in [2.75, 3.05) is 6.61 Å². The second kappa shape index (κ2) is 5.94. The summed E-state index contributed by atoms with van der Waals surface area (Å²) in [4.78, 5) is 0. The molecule has 1 unspecified atom stereocenters. The van der Waals surface area contributed by atoms with Crippen LogP contribution in [0.15, 0.2) is 24.3 Å². The zero-order valence-electron chi connectivity index (χ0n) is 9.75. The van der Waals surface area contributed by atoms with Crippen LogP contribution in [0.4, 0.5) is 0 Å². The third kappa shape index (κ3) is 6.09. The van der Waals surface area contributed by atoms with E-state index in [4.69, 9.17) is 9.11 Å². The van der Waals surface area contributed by atoms with Crippen LogP contribution >= 0.6 is 0 Å². The number of hydrogen-bond donors (Lipinski definition) is 2. The smallest absolute Gasteiger partial charge is 0.264 e. The monoisotopic (exact) mass is 312 g/mol. The molecule has 2 N–H and O–H groups in total. The summed E-state index contributed by atoms with van der Waals surface area (Å²) in [7, 11) is -9.56. The van der Waals surface area contributed by atoms with Crippen LogP contribution in [0.1, 0.15) is 17.2 Å². The largest absolute Gasteiger partial charge is 0.398 e. The number of rotatable bonds is 6. The van der Waals surface area contributed by atoms with E-state index in [1.165, 1.54) is 6.07 Å². The molecule has 108 valence electrons. The van der Waals surface area contributed by atoms with Gasteiger partial charge in [0.05, 0.1) is 0 Å². The maximum atomic E-state index is 10.7. The van der Waals surface area contributed by atoms with Gasteiger partial charge in [0.25, 0.3) is 0 Å². The Morgan fingerprint density at radius 2 is 1.68 bits per heavy atom. The quantitative estimate of drug-likeness (QED) is 0.734. The Bertz CT molecular complexity index is 634. The normalized spacial score (nSPS) is 14.3. The lowest BCUT2D eigenvalue weighted by molar-refractivity contribution is 0.115. The molecule has 0 fully saturated rings. The Hall–Kier alpha value is -1.04. The molecule has 0 amide bonds. The maximum absolute atomic E-state index is 10.7. The minimum absolute atomic E-state index is 0.295. The van der Waals surface area contributed by atoms with Gasteiger partial charge >= 0.3 is 20.8 Å². The van der Waals surface area contributed by atoms with E-state index in [9.17, 15) is 16.8 Å². The second-order valence-corrected chi connectivity index (χ2v) is 5.72. The van der Waals surface area contributed by atoms with E-state index in [0.29, 0.717) is 11.1 Å². The van der Waals surface area contributed by atoms with Crippen molar-refractivity contribution in [2.24, 2.45) is 0 Å². The summed E-state index contributed by atoms with van der Waals surface area (Å²) in [5.74, 6) is 0. The van der Waals surface area contributed by atoms with Crippen molar-refractivity contribution in [3.05, 3.63) is 35.4 Å². The average molecular weight is 312 g/mol. The van der Waals surface area contributed by atoms with E-state index in [2.05, 4.69) is 8.37 Å². The highest BCUT2D eigenvalue weighted by molar-refractivity contribution is 7.81. The highest BCUT2D eigenvalue weighted by Crippen LogP contribution is 2.23. The van der Waals surface area contributed by atoms with Gasteiger partial charge in [-0.1, -0.05) is 24.3 Å². The van der Waals surface area contributed by atoms with E-state index >= 15 is 0 Å². The average Bonchev–Trinajstić information content (AvgIpc) is 2.22. The Morgan fingerprint density at radius 1 is 1.11 bits per heavy atom. The van der Waals surface area contributed by atoms with Gasteiger partial charge in [-0.3, -0.25) is 9.11 Å². The molecule has 0 aliphatic rings. The van der Waals surface area contributed by atoms with Crippen molar-refractivity contribution in [2.45, 2.75) is 13.0 Å².